The molecule has 80 valence electrons. The van der Waals surface area contributed by atoms with Gasteiger partial charge in [-0.15, -0.1) is 0 Å². The highest BCUT2D eigenvalue weighted by atomic mass is 14.0. The van der Waals surface area contributed by atoms with Crippen LogP contribution in [0.5, 0.6) is 0 Å². The second-order valence-corrected chi connectivity index (χ2v) is 3.12. The molecule has 0 aliphatic carbocycles. The van der Waals surface area contributed by atoms with E-state index in [-0.39, 0.29) is 0 Å². The molecule has 0 heteroatoms. The van der Waals surface area contributed by atoms with Crippen LogP contribution in [0.25, 0.3) is 0 Å². The smallest absolute Gasteiger partial charge is 0.00262 e. The Labute approximate surface area is 93.7 Å². The summed E-state index contributed by atoms with van der Waals surface area (Å²) < 4.78 is 0. The SMILES string of the molecule is C=CC(=CC=CC)CC(C=C)=CC=CC. The molecule has 0 amide bonds. The lowest BCUT2D eigenvalue weighted by atomic mass is 10.0. The number of hydrogen-bond acceptors (Lipinski definition) is 0. The molecular weight excluding hydrogens is 180 g/mol. The van der Waals surface area contributed by atoms with Gasteiger partial charge in [0.05, 0.1) is 0 Å². The van der Waals surface area contributed by atoms with Crippen LogP contribution in [0.15, 0.2) is 72.9 Å². The molecule has 15 heavy (non-hydrogen) atoms. The number of rotatable bonds is 6. The van der Waals surface area contributed by atoms with Crippen LogP contribution in [0.4, 0.5) is 0 Å². The van der Waals surface area contributed by atoms with Crippen molar-refractivity contribution in [1.29, 1.82) is 0 Å². The molecule has 0 unspecified atom stereocenters. The highest BCUT2D eigenvalue weighted by Gasteiger charge is 1.93. The summed E-state index contributed by atoms with van der Waals surface area (Å²) in [6.07, 6.45) is 16.8. The van der Waals surface area contributed by atoms with E-state index in [1.54, 1.807) is 0 Å². The number of hydrogen-bond donors (Lipinski definition) is 0. The van der Waals surface area contributed by atoms with E-state index >= 15 is 0 Å². The summed E-state index contributed by atoms with van der Waals surface area (Å²) >= 11 is 0. The minimum Gasteiger partial charge on any atom is -0.0988 e. The Morgan fingerprint density at radius 2 is 1.27 bits per heavy atom. The van der Waals surface area contributed by atoms with E-state index in [0.717, 1.165) is 6.42 Å². The first-order valence-electron chi connectivity index (χ1n) is 5.17. The first kappa shape index (κ1) is 13.4. The van der Waals surface area contributed by atoms with Gasteiger partial charge in [-0.25, -0.2) is 0 Å². The fourth-order valence-corrected chi connectivity index (χ4v) is 1.07. The first-order valence-corrected chi connectivity index (χ1v) is 5.17. The van der Waals surface area contributed by atoms with Gasteiger partial charge in [0.15, 0.2) is 0 Å². The molecule has 0 fully saturated rings. The van der Waals surface area contributed by atoms with E-state index < -0.39 is 0 Å². The lowest BCUT2D eigenvalue weighted by molar-refractivity contribution is 1.21. The van der Waals surface area contributed by atoms with Gasteiger partial charge in [0.1, 0.15) is 0 Å². The lowest BCUT2D eigenvalue weighted by Crippen LogP contribution is -1.81. The van der Waals surface area contributed by atoms with E-state index in [0.29, 0.717) is 0 Å². The lowest BCUT2D eigenvalue weighted by Gasteiger charge is -2.01. The minimum absolute atomic E-state index is 0.877. The highest BCUT2D eigenvalue weighted by molar-refractivity contribution is 5.33. The number of allylic oxidation sites excluding steroid dienone is 10. The molecular formula is C15H20. The molecule has 0 atom stereocenters. The average Bonchev–Trinajstić information content (AvgIpc) is 2.28. The third kappa shape index (κ3) is 6.50. The van der Waals surface area contributed by atoms with E-state index in [4.69, 9.17) is 0 Å². The minimum atomic E-state index is 0.877. The van der Waals surface area contributed by atoms with Gasteiger partial charge in [-0.1, -0.05) is 61.8 Å². The van der Waals surface area contributed by atoms with Crippen LogP contribution in [0.2, 0.25) is 0 Å². The van der Waals surface area contributed by atoms with Crippen LogP contribution in [-0.2, 0) is 0 Å². The average molecular weight is 200 g/mol. The van der Waals surface area contributed by atoms with Crippen LogP contribution in [0.3, 0.4) is 0 Å². The molecule has 0 bridgehead atoms. The zero-order chi connectivity index (χ0) is 11.5. The van der Waals surface area contributed by atoms with Crippen LogP contribution in [0, 0.1) is 0 Å². The zero-order valence-electron chi connectivity index (χ0n) is 9.74. The van der Waals surface area contributed by atoms with Crippen molar-refractivity contribution in [2.45, 2.75) is 20.3 Å². The van der Waals surface area contributed by atoms with Crippen molar-refractivity contribution in [2.75, 3.05) is 0 Å². The normalized spacial score (nSPS) is 13.7. The van der Waals surface area contributed by atoms with Crippen LogP contribution >= 0.6 is 0 Å². The molecule has 0 saturated carbocycles. The van der Waals surface area contributed by atoms with Gasteiger partial charge in [0.25, 0.3) is 0 Å². The standard InChI is InChI=1S/C15H20/c1-5-9-11-14(7-3)13-15(8-4)12-10-6-2/h5-12H,3-4,13H2,1-2H3. The zero-order valence-corrected chi connectivity index (χ0v) is 9.74. The van der Waals surface area contributed by atoms with Crippen molar-refractivity contribution in [1.82, 2.24) is 0 Å². The van der Waals surface area contributed by atoms with Crippen LogP contribution in [-0.4, -0.2) is 0 Å². The predicted octanol–water partition coefficient (Wildman–Crippen LogP) is 4.75. The van der Waals surface area contributed by atoms with Crippen molar-refractivity contribution in [3.8, 4) is 0 Å². The van der Waals surface area contributed by atoms with Gasteiger partial charge in [0.2, 0.25) is 0 Å². The van der Waals surface area contributed by atoms with Crippen molar-refractivity contribution in [3.63, 3.8) is 0 Å². The molecule has 0 saturated heterocycles. The Hall–Kier alpha value is -1.56. The molecule has 0 aromatic rings. The fourth-order valence-electron chi connectivity index (χ4n) is 1.07. The maximum absolute atomic E-state index is 3.80. The fraction of sp³-hybridized carbons (Fsp3) is 0.200. The van der Waals surface area contributed by atoms with E-state index in [1.807, 2.05) is 50.3 Å². The summed E-state index contributed by atoms with van der Waals surface area (Å²) in [5.41, 5.74) is 2.40. The summed E-state index contributed by atoms with van der Waals surface area (Å²) in [5, 5.41) is 0. The van der Waals surface area contributed by atoms with E-state index in [2.05, 4.69) is 25.3 Å². The van der Waals surface area contributed by atoms with Gasteiger partial charge < -0.3 is 0 Å². The van der Waals surface area contributed by atoms with E-state index in [9.17, 15) is 0 Å². The third-order valence-electron chi connectivity index (χ3n) is 1.94. The molecule has 0 radical (unpaired) electrons. The van der Waals surface area contributed by atoms with Crippen molar-refractivity contribution in [3.05, 3.63) is 72.9 Å². The monoisotopic (exact) mass is 200 g/mol. The van der Waals surface area contributed by atoms with Gasteiger partial charge in [-0.05, 0) is 31.4 Å². The molecule has 0 spiro atoms. The maximum atomic E-state index is 3.80. The molecule has 0 rings (SSSR count). The second-order valence-electron chi connectivity index (χ2n) is 3.12. The largest absolute Gasteiger partial charge is 0.0988 e. The van der Waals surface area contributed by atoms with Crippen molar-refractivity contribution >= 4 is 0 Å². The van der Waals surface area contributed by atoms with E-state index in [1.165, 1.54) is 11.1 Å². The first-order chi connectivity index (χ1) is 7.28. The quantitative estimate of drug-likeness (QED) is 0.543. The Bertz CT molecular complexity index is 277. The summed E-state index contributed by atoms with van der Waals surface area (Å²) in [6.45, 7) is 11.6. The molecule has 0 N–H and O–H groups in total. The predicted molar refractivity (Wildman–Crippen MR) is 70.8 cm³/mol. The van der Waals surface area contributed by atoms with Gasteiger partial charge >= 0.3 is 0 Å². The Morgan fingerprint density at radius 3 is 1.53 bits per heavy atom. The van der Waals surface area contributed by atoms with Crippen molar-refractivity contribution in [2.24, 2.45) is 0 Å². The molecule has 0 nitrogen and oxygen atoms in total. The molecule has 0 aliphatic rings. The topological polar surface area (TPSA) is 0 Å². The van der Waals surface area contributed by atoms with Crippen LogP contribution < -0.4 is 0 Å². The molecule has 0 aromatic carbocycles. The van der Waals surface area contributed by atoms with Gasteiger partial charge in [-0.2, -0.15) is 0 Å². The Morgan fingerprint density at radius 1 is 0.867 bits per heavy atom. The van der Waals surface area contributed by atoms with Gasteiger partial charge in [-0.3, -0.25) is 0 Å². The maximum Gasteiger partial charge on any atom is -0.00262 e. The highest BCUT2D eigenvalue weighted by Crippen LogP contribution is 2.13. The summed E-state index contributed by atoms with van der Waals surface area (Å²) in [6, 6.07) is 0. The molecule has 0 heterocycles. The van der Waals surface area contributed by atoms with Crippen molar-refractivity contribution < 1.29 is 0 Å². The summed E-state index contributed by atoms with van der Waals surface area (Å²) in [4.78, 5) is 0. The van der Waals surface area contributed by atoms with Gasteiger partial charge in [0, 0.05) is 0 Å². The third-order valence-corrected chi connectivity index (χ3v) is 1.94. The second kappa shape index (κ2) is 9.01. The van der Waals surface area contributed by atoms with Crippen LogP contribution in [0.1, 0.15) is 20.3 Å². The Kier molecular flexibility index (Phi) is 8.08. The Balaban J connectivity index is 4.64. The molecule has 0 aliphatic heterocycles. The summed E-state index contributed by atoms with van der Waals surface area (Å²) in [7, 11) is 0. The summed E-state index contributed by atoms with van der Waals surface area (Å²) in [5.74, 6) is 0. The molecule has 0 aromatic heterocycles.